The van der Waals surface area contributed by atoms with Crippen LogP contribution in [0, 0.1) is 11.8 Å². The Morgan fingerprint density at radius 2 is 1.10 bits per heavy atom. The number of rotatable bonds is 2. The molecule has 0 heterocycles. The van der Waals surface area contributed by atoms with E-state index in [0.29, 0.717) is 23.6 Å². The second kappa shape index (κ2) is 4.05. The van der Waals surface area contributed by atoms with Crippen molar-refractivity contribution >= 4 is 23.2 Å². The van der Waals surface area contributed by atoms with Gasteiger partial charge in [0.05, 0.1) is 0 Å². The number of hydrogen-bond donors (Lipinski definition) is 0. The van der Waals surface area contributed by atoms with Gasteiger partial charge in [-0.1, -0.05) is 24.3 Å². The topological polar surface area (TPSA) is 0 Å². The van der Waals surface area contributed by atoms with Crippen molar-refractivity contribution in [3.63, 3.8) is 0 Å². The van der Waals surface area contributed by atoms with Crippen molar-refractivity contribution in [3.8, 4) is 0 Å². The lowest BCUT2D eigenvalue weighted by Crippen LogP contribution is -2.03. The van der Waals surface area contributed by atoms with Crippen molar-refractivity contribution < 1.29 is 0 Å². The molecule has 0 aliphatic heterocycles. The van der Waals surface area contributed by atoms with Crippen molar-refractivity contribution in [1.29, 1.82) is 0 Å². The first kappa shape index (κ1) is 8.16. The molecule has 0 nitrogen and oxygen atoms in total. The van der Waals surface area contributed by atoms with Gasteiger partial charge in [0.25, 0.3) is 0 Å². The predicted molar refractivity (Wildman–Crippen MR) is 46.7 cm³/mol. The summed E-state index contributed by atoms with van der Waals surface area (Å²) in [6.45, 7) is 0. The van der Waals surface area contributed by atoms with Crippen LogP contribution in [0.3, 0.4) is 0 Å². The van der Waals surface area contributed by atoms with Crippen LogP contribution in [0.2, 0.25) is 0 Å². The van der Waals surface area contributed by atoms with Gasteiger partial charge < -0.3 is 0 Å². The number of hydrogen-bond acceptors (Lipinski definition) is 0. The third-order valence-corrected chi connectivity index (χ3v) is 2.28. The smallest absolute Gasteiger partial charge is 0.0321 e. The average molecular weight is 177 g/mol. The van der Waals surface area contributed by atoms with E-state index in [4.69, 9.17) is 23.2 Å². The van der Waals surface area contributed by atoms with Crippen molar-refractivity contribution in [2.45, 2.75) is 0 Å². The molecule has 1 aliphatic rings. The standard InChI is InChI=1S/C8H10Cl2/c9-5-7-1-2-8(6-10)4-3-7/h1-4,7-8H,5-6H2. The first-order valence-electron chi connectivity index (χ1n) is 3.35. The van der Waals surface area contributed by atoms with E-state index in [1.54, 1.807) is 0 Å². The molecule has 0 spiro atoms. The lowest BCUT2D eigenvalue weighted by atomic mass is 9.99. The molecule has 0 aromatic rings. The summed E-state index contributed by atoms with van der Waals surface area (Å²) < 4.78 is 0. The fourth-order valence-corrected chi connectivity index (χ4v) is 1.32. The van der Waals surface area contributed by atoms with Gasteiger partial charge in [-0.2, -0.15) is 0 Å². The second-order valence-corrected chi connectivity index (χ2v) is 3.02. The summed E-state index contributed by atoms with van der Waals surface area (Å²) in [6, 6.07) is 0. The van der Waals surface area contributed by atoms with E-state index in [1.165, 1.54) is 0 Å². The summed E-state index contributed by atoms with van der Waals surface area (Å²) in [5, 5.41) is 0. The van der Waals surface area contributed by atoms with Crippen molar-refractivity contribution in [2.75, 3.05) is 11.8 Å². The maximum Gasteiger partial charge on any atom is 0.0321 e. The minimum absolute atomic E-state index is 0.418. The third kappa shape index (κ3) is 2.03. The van der Waals surface area contributed by atoms with Crippen LogP contribution in [0.4, 0.5) is 0 Å². The van der Waals surface area contributed by atoms with Crippen LogP contribution < -0.4 is 0 Å². The van der Waals surface area contributed by atoms with E-state index >= 15 is 0 Å². The van der Waals surface area contributed by atoms with Gasteiger partial charge in [-0.15, -0.1) is 23.2 Å². The van der Waals surface area contributed by atoms with E-state index in [9.17, 15) is 0 Å². The lowest BCUT2D eigenvalue weighted by molar-refractivity contribution is 0.837. The van der Waals surface area contributed by atoms with Crippen LogP contribution in [0.5, 0.6) is 0 Å². The number of allylic oxidation sites excluding steroid dienone is 4. The van der Waals surface area contributed by atoms with Crippen LogP contribution in [0.25, 0.3) is 0 Å². The summed E-state index contributed by atoms with van der Waals surface area (Å²) in [6.07, 6.45) is 8.44. The molecule has 1 rings (SSSR count). The van der Waals surface area contributed by atoms with Gasteiger partial charge in [0.1, 0.15) is 0 Å². The molecular weight excluding hydrogens is 167 g/mol. The highest BCUT2D eigenvalue weighted by atomic mass is 35.5. The van der Waals surface area contributed by atoms with Gasteiger partial charge in [-0.25, -0.2) is 0 Å². The molecule has 1 aliphatic carbocycles. The normalized spacial score (nSPS) is 31.0. The van der Waals surface area contributed by atoms with Crippen molar-refractivity contribution in [1.82, 2.24) is 0 Å². The number of alkyl halides is 2. The van der Waals surface area contributed by atoms with Crippen LogP contribution in [-0.2, 0) is 0 Å². The van der Waals surface area contributed by atoms with E-state index < -0.39 is 0 Å². The first-order chi connectivity index (χ1) is 4.86. The summed E-state index contributed by atoms with van der Waals surface area (Å²) in [5.74, 6) is 2.17. The number of halogens is 2. The van der Waals surface area contributed by atoms with E-state index in [0.717, 1.165) is 0 Å². The Labute approximate surface area is 71.5 Å². The van der Waals surface area contributed by atoms with Gasteiger partial charge in [0, 0.05) is 23.6 Å². The Bertz CT molecular complexity index is 119. The minimum atomic E-state index is 0.418. The Kier molecular flexibility index (Phi) is 3.30. The van der Waals surface area contributed by atoms with E-state index in [2.05, 4.69) is 24.3 Å². The molecule has 0 aromatic heterocycles. The molecule has 2 heteroatoms. The zero-order valence-electron chi connectivity index (χ0n) is 5.63. The molecule has 10 heavy (non-hydrogen) atoms. The summed E-state index contributed by atoms with van der Waals surface area (Å²) in [5.41, 5.74) is 0. The molecule has 0 bridgehead atoms. The van der Waals surface area contributed by atoms with Gasteiger partial charge in [-0.3, -0.25) is 0 Å². The van der Waals surface area contributed by atoms with Crippen LogP contribution in [-0.4, -0.2) is 11.8 Å². The van der Waals surface area contributed by atoms with Gasteiger partial charge in [-0.05, 0) is 0 Å². The van der Waals surface area contributed by atoms with Crippen LogP contribution >= 0.6 is 23.2 Å². The van der Waals surface area contributed by atoms with Crippen molar-refractivity contribution in [3.05, 3.63) is 24.3 Å². The molecule has 0 amide bonds. The first-order valence-corrected chi connectivity index (χ1v) is 4.42. The third-order valence-electron chi connectivity index (χ3n) is 1.57. The predicted octanol–water partition coefficient (Wildman–Crippen LogP) is 2.82. The van der Waals surface area contributed by atoms with Gasteiger partial charge in [0.15, 0.2) is 0 Å². The Balaban J connectivity index is 2.45. The highest BCUT2D eigenvalue weighted by Gasteiger charge is 2.06. The van der Waals surface area contributed by atoms with Gasteiger partial charge in [0.2, 0.25) is 0 Å². The van der Waals surface area contributed by atoms with Crippen LogP contribution in [0.15, 0.2) is 24.3 Å². The highest BCUT2D eigenvalue weighted by molar-refractivity contribution is 6.18. The fraction of sp³-hybridized carbons (Fsp3) is 0.500. The molecule has 0 radical (unpaired) electrons. The second-order valence-electron chi connectivity index (χ2n) is 2.41. The lowest BCUT2D eigenvalue weighted by Gasteiger charge is -2.11. The molecule has 0 fully saturated rings. The Morgan fingerprint density at radius 3 is 1.30 bits per heavy atom. The van der Waals surface area contributed by atoms with Crippen molar-refractivity contribution in [2.24, 2.45) is 11.8 Å². The molecular formula is C8H10Cl2. The molecule has 0 N–H and O–H groups in total. The molecule has 0 saturated heterocycles. The maximum absolute atomic E-state index is 5.64. The molecule has 0 unspecified atom stereocenters. The summed E-state index contributed by atoms with van der Waals surface area (Å²) in [7, 11) is 0. The summed E-state index contributed by atoms with van der Waals surface area (Å²) >= 11 is 11.3. The average Bonchev–Trinajstić information content (AvgIpc) is 2.05. The quantitative estimate of drug-likeness (QED) is 0.449. The fourth-order valence-electron chi connectivity index (χ4n) is 0.905. The molecule has 0 aromatic carbocycles. The zero-order chi connectivity index (χ0) is 7.40. The minimum Gasteiger partial charge on any atom is -0.126 e. The van der Waals surface area contributed by atoms with E-state index in [-0.39, 0.29) is 0 Å². The van der Waals surface area contributed by atoms with Crippen LogP contribution in [0.1, 0.15) is 0 Å². The molecule has 56 valence electrons. The largest absolute Gasteiger partial charge is 0.126 e. The van der Waals surface area contributed by atoms with Gasteiger partial charge >= 0.3 is 0 Å². The Hall–Kier alpha value is 0.0600. The maximum atomic E-state index is 5.64. The zero-order valence-corrected chi connectivity index (χ0v) is 7.15. The Morgan fingerprint density at radius 1 is 0.800 bits per heavy atom. The highest BCUT2D eigenvalue weighted by Crippen LogP contribution is 2.16. The molecule has 0 saturated carbocycles. The molecule has 0 atom stereocenters. The van der Waals surface area contributed by atoms with E-state index in [1.807, 2.05) is 0 Å². The monoisotopic (exact) mass is 176 g/mol. The summed E-state index contributed by atoms with van der Waals surface area (Å²) in [4.78, 5) is 0. The SMILES string of the molecule is ClCC1C=CC(CCl)C=C1.